The van der Waals surface area contributed by atoms with Crippen LogP contribution in [0.5, 0.6) is 0 Å². The maximum absolute atomic E-state index is 13.3. The van der Waals surface area contributed by atoms with Gasteiger partial charge in [0, 0.05) is 0 Å². The number of anilines is 2. The van der Waals surface area contributed by atoms with E-state index < -0.39 is 43.5 Å². The Morgan fingerprint density at radius 3 is 1.41 bits per heavy atom. The lowest BCUT2D eigenvalue weighted by Crippen LogP contribution is -2.16. The highest BCUT2D eigenvalue weighted by molar-refractivity contribution is 7.93. The third-order valence-electron chi connectivity index (χ3n) is 5.20. The lowest BCUT2D eigenvalue weighted by molar-refractivity contribution is 0.0472. The van der Waals surface area contributed by atoms with Crippen LogP contribution in [0.25, 0.3) is 0 Å². The van der Waals surface area contributed by atoms with Crippen LogP contribution in [-0.2, 0) is 31.4 Å². The molecule has 4 rings (SSSR count). The molecule has 0 atom stereocenters. The summed E-state index contributed by atoms with van der Waals surface area (Å²) in [6.07, 6.45) is 0. The van der Waals surface area contributed by atoms with Gasteiger partial charge in [-0.05, 0) is 84.4 Å². The molecule has 0 unspecified atom stereocenters. The van der Waals surface area contributed by atoms with E-state index in [4.69, 9.17) is 4.74 Å². The lowest BCUT2D eigenvalue weighted by atomic mass is 10.2. The molecule has 0 aromatic heterocycles. The summed E-state index contributed by atoms with van der Waals surface area (Å²) >= 11 is 0. The first-order valence-electron chi connectivity index (χ1n) is 11.0. The van der Waals surface area contributed by atoms with Gasteiger partial charge < -0.3 is 4.74 Å². The molecule has 4 aromatic carbocycles. The maximum atomic E-state index is 13.3. The molecule has 0 aliphatic rings. The van der Waals surface area contributed by atoms with Crippen LogP contribution in [0.2, 0.25) is 0 Å². The molecule has 13 heteroatoms. The van der Waals surface area contributed by atoms with Crippen molar-refractivity contribution in [3.8, 4) is 0 Å². The van der Waals surface area contributed by atoms with Crippen LogP contribution < -0.4 is 9.44 Å². The van der Waals surface area contributed by atoms with Crippen LogP contribution in [0.4, 0.5) is 24.5 Å². The average molecular weight is 577 g/mol. The van der Waals surface area contributed by atoms with Gasteiger partial charge >= 0.3 is 5.97 Å². The molecule has 0 fully saturated rings. The zero-order valence-corrected chi connectivity index (χ0v) is 21.4. The fraction of sp³-hybridized carbons (Fsp3) is 0.0385. The molecule has 0 spiro atoms. The summed E-state index contributed by atoms with van der Waals surface area (Å²) in [4.78, 5) is 12.2. The molecular weight excluding hydrogens is 557 g/mol. The standard InChI is InChI=1S/C26H19F3N2O6S2/c27-19-3-1-17(2-4-19)16-37-26(32)18-13-22(30-38(33,34)24-9-5-20(28)6-10-24)15-23(14-18)31-39(35,36)25-11-7-21(29)8-12-25/h1-15,30-31H,16H2. The van der Waals surface area contributed by atoms with Crippen molar-refractivity contribution in [2.45, 2.75) is 16.4 Å². The Hall–Kier alpha value is -4.36. The van der Waals surface area contributed by atoms with E-state index in [2.05, 4.69) is 9.44 Å². The van der Waals surface area contributed by atoms with Gasteiger partial charge in [0.1, 0.15) is 24.1 Å². The van der Waals surface area contributed by atoms with Gasteiger partial charge in [0.05, 0.1) is 26.7 Å². The molecule has 4 aromatic rings. The predicted octanol–water partition coefficient (Wildman–Crippen LogP) is 5.06. The summed E-state index contributed by atoms with van der Waals surface area (Å²) in [5.74, 6) is -2.73. The van der Waals surface area contributed by atoms with E-state index in [-0.39, 0.29) is 33.3 Å². The maximum Gasteiger partial charge on any atom is 0.338 e. The van der Waals surface area contributed by atoms with Crippen molar-refractivity contribution >= 4 is 37.4 Å². The third kappa shape index (κ3) is 7.15. The monoisotopic (exact) mass is 576 g/mol. The number of hydrogen-bond acceptors (Lipinski definition) is 6. The van der Waals surface area contributed by atoms with E-state index in [0.717, 1.165) is 66.7 Å². The Morgan fingerprint density at radius 1 is 0.615 bits per heavy atom. The first-order chi connectivity index (χ1) is 18.4. The number of rotatable bonds is 9. The molecule has 8 nitrogen and oxygen atoms in total. The normalized spacial score (nSPS) is 11.6. The zero-order chi connectivity index (χ0) is 28.2. The molecule has 0 heterocycles. The average Bonchev–Trinajstić information content (AvgIpc) is 2.88. The molecule has 0 amide bonds. The van der Waals surface area contributed by atoms with Crippen LogP contribution in [-0.4, -0.2) is 22.8 Å². The summed E-state index contributed by atoms with van der Waals surface area (Å²) in [5.41, 5.74) is -0.192. The van der Waals surface area contributed by atoms with Crippen molar-refractivity contribution in [2.75, 3.05) is 9.44 Å². The second-order valence-electron chi connectivity index (χ2n) is 8.12. The number of halogens is 3. The SMILES string of the molecule is O=C(OCc1ccc(F)cc1)c1cc(NS(=O)(=O)c2ccc(F)cc2)cc(NS(=O)(=O)c2ccc(F)cc2)c1. The fourth-order valence-corrected chi connectivity index (χ4v) is 5.41. The van der Waals surface area contributed by atoms with Gasteiger partial charge in [-0.1, -0.05) is 12.1 Å². The van der Waals surface area contributed by atoms with Crippen molar-refractivity contribution in [3.05, 3.63) is 120 Å². The predicted molar refractivity (Wildman–Crippen MR) is 136 cm³/mol. The van der Waals surface area contributed by atoms with Crippen molar-refractivity contribution < 1.29 is 39.5 Å². The first kappa shape index (κ1) is 27.7. The van der Waals surface area contributed by atoms with E-state index >= 15 is 0 Å². The van der Waals surface area contributed by atoms with Gasteiger partial charge in [0.25, 0.3) is 20.0 Å². The van der Waals surface area contributed by atoms with Gasteiger partial charge in [-0.2, -0.15) is 0 Å². The number of nitrogens with one attached hydrogen (secondary N) is 2. The molecule has 0 radical (unpaired) electrons. The Labute approximate surface area is 222 Å². The van der Waals surface area contributed by atoms with Crippen LogP contribution >= 0.6 is 0 Å². The van der Waals surface area contributed by atoms with E-state index in [9.17, 15) is 34.8 Å². The number of hydrogen-bond donors (Lipinski definition) is 2. The molecule has 39 heavy (non-hydrogen) atoms. The van der Waals surface area contributed by atoms with Gasteiger partial charge in [-0.25, -0.2) is 34.8 Å². The van der Waals surface area contributed by atoms with Crippen LogP contribution in [0, 0.1) is 17.5 Å². The molecule has 202 valence electrons. The minimum Gasteiger partial charge on any atom is -0.457 e. The number of carbonyl (C=O) groups is 1. The second-order valence-corrected chi connectivity index (χ2v) is 11.5. The van der Waals surface area contributed by atoms with Crippen molar-refractivity contribution in [3.63, 3.8) is 0 Å². The summed E-state index contributed by atoms with van der Waals surface area (Å²) in [6, 6.07) is 16.4. The summed E-state index contributed by atoms with van der Waals surface area (Å²) in [6.45, 7) is -0.249. The van der Waals surface area contributed by atoms with E-state index in [0.29, 0.717) is 5.56 Å². The third-order valence-corrected chi connectivity index (χ3v) is 8.00. The molecule has 0 saturated carbocycles. The topological polar surface area (TPSA) is 119 Å². The van der Waals surface area contributed by atoms with E-state index in [1.807, 2.05) is 0 Å². The van der Waals surface area contributed by atoms with Crippen molar-refractivity contribution in [1.82, 2.24) is 0 Å². The number of benzene rings is 4. The summed E-state index contributed by atoms with van der Waals surface area (Å²) in [5, 5.41) is 0. The van der Waals surface area contributed by atoms with Crippen LogP contribution in [0.15, 0.2) is 101 Å². The highest BCUT2D eigenvalue weighted by atomic mass is 32.2. The molecule has 2 N–H and O–H groups in total. The zero-order valence-electron chi connectivity index (χ0n) is 19.8. The smallest absolute Gasteiger partial charge is 0.338 e. The number of carbonyl (C=O) groups excluding carboxylic acids is 1. The number of sulfonamides is 2. The lowest BCUT2D eigenvalue weighted by Gasteiger charge is -2.14. The quantitative estimate of drug-likeness (QED) is 0.269. The van der Waals surface area contributed by atoms with Gasteiger partial charge in [0.15, 0.2) is 0 Å². The molecule has 0 saturated heterocycles. The molecule has 0 aliphatic carbocycles. The number of esters is 1. The molecule has 0 aliphatic heterocycles. The van der Waals surface area contributed by atoms with Crippen LogP contribution in [0.3, 0.4) is 0 Å². The minimum atomic E-state index is -4.27. The highest BCUT2D eigenvalue weighted by Gasteiger charge is 2.20. The largest absolute Gasteiger partial charge is 0.457 e. The van der Waals surface area contributed by atoms with Crippen LogP contribution in [0.1, 0.15) is 15.9 Å². The van der Waals surface area contributed by atoms with Gasteiger partial charge in [0.2, 0.25) is 0 Å². The van der Waals surface area contributed by atoms with E-state index in [1.54, 1.807) is 0 Å². The number of ether oxygens (including phenoxy) is 1. The Balaban J connectivity index is 1.66. The Morgan fingerprint density at radius 2 is 1.00 bits per heavy atom. The minimum absolute atomic E-state index is 0.215. The fourth-order valence-electron chi connectivity index (χ4n) is 3.33. The first-order valence-corrected chi connectivity index (χ1v) is 14.0. The van der Waals surface area contributed by atoms with Crippen molar-refractivity contribution in [2.24, 2.45) is 0 Å². The van der Waals surface area contributed by atoms with Gasteiger partial charge in [-0.3, -0.25) is 9.44 Å². The summed E-state index contributed by atoms with van der Waals surface area (Å²) in [7, 11) is -8.54. The Kier molecular flexibility index (Phi) is 7.93. The second kappa shape index (κ2) is 11.2. The van der Waals surface area contributed by atoms with Gasteiger partial charge in [-0.15, -0.1) is 0 Å². The molecule has 0 bridgehead atoms. The summed E-state index contributed by atoms with van der Waals surface area (Å²) < 4.78 is 101. The van der Waals surface area contributed by atoms with E-state index in [1.165, 1.54) is 24.3 Å². The molecular formula is C26H19F3N2O6S2. The van der Waals surface area contributed by atoms with Crippen molar-refractivity contribution in [1.29, 1.82) is 0 Å². The Bertz CT molecular complexity index is 1620. The highest BCUT2D eigenvalue weighted by Crippen LogP contribution is 2.26.